The number of hydrogen-bond acceptors (Lipinski definition) is 2. The highest BCUT2D eigenvalue weighted by Crippen LogP contribution is 2.03. The van der Waals surface area contributed by atoms with Crippen molar-refractivity contribution in [3.63, 3.8) is 0 Å². The number of hydrogen-bond donors (Lipinski definition) is 2. The Morgan fingerprint density at radius 1 is 1.70 bits per heavy atom. The van der Waals surface area contributed by atoms with Gasteiger partial charge in [-0.15, -0.1) is 0 Å². The second kappa shape index (κ2) is 2.98. The van der Waals surface area contributed by atoms with Gasteiger partial charge >= 0.3 is 0 Å². The summed E-state index contributed by atoms with van der Waals surface area (Å²) in [6.45, 7) is 0.440. The molecule has 1 rings (SSSR count). The Balaban J connectivity index is 3.17. The predicted octanol–water partition coefficient (Wildman–Crippen LogP) is 0.596. The lowest BCUT2D eigenvalue weighted by Gasteiger charge is -1.94. The summed E-state index contributed by atoms with van der Waals surface area (Å²) in [5.74, 6) is 0. The second-order valence-electron chi connectivity index (χ2n) is 1.89. The smallest absolute Gasteiger partial charge is 0.262 e. The van der Waals surface area contributed by atoms with Crippen molar-refractivity contribution in [2.24, 2.45) is 5.73 Å². The maximum Gasteiger partial charge on any atom is 0.262 e. The third kappa shape index (κ3) is 1.46. The van der Waals surface area contributed by atoms with Gasteiger partial charge in [0.2, 0.25) is 0 Å². The van der Waals surface area contributed by atoms with Gasteiger partial charge < -0.3 is 10.7 Å². The first kappa shape index (κ1) is 7.50. The first-order valence-electron chi connectivity index (χ1n) is 2.81. The molecule has 10 heavy (non-hydrogen) atoms. The van der Waals surface area contributed by atoms with Crippen molar-refractivity contribution in [3.05, 3.63) is 32.7 Å². The minimum atomic E-state index is -0.128. The summed E-state index contributed by atoms with van der Waals surface area (Å²) >= 11 is 3.09. The summed E-state index contributed by atoms with van der Waals surface area (Å²) in [5, 5.41) is 0. The molecule has 1 aromatic heterocycles. The van der Waals surface area contributed by atoms with Gasteiger partial charge in [-0.2, -0.15) is 0 Å². The van der Waals surface area contributed by atoms with Crippen LogP contribution in [-0.4, -0.2) is 4.98 Å². The van der Waals surface area contributed by atoms with Crippen LogP contribution in [0.5, 0.6) is 0 Å². The molecule has 3 N–H and O–H groups in total. The van der Waals surface area contributed by atoms with Gasteiger partial charge in [0.05, 0.1) is 4.47 Å². The van der Waals surface area contributed by atoms with Gasteiger partial charge in [-0.05, 0) is 27.6 Å². The van der Waals surface area contributed by atoms with Crippen molar-refractivity contribution in [3.8, 4) is 0 Å². The van der Waals surface area contributed by atoms with E-state index in [-0.39, 0.29) is 5.56 Å². The normalized spacial score (nSPS) is 9.80. The van der Waals surface area contributed by atoms with Crippen LogP contribution in [0.1, 0.15) is 5.56 Å². The van der Waals surface area contributed by atoms with E-state index >= 15 is 0 Å². The SMILES string of the molecule is NCc1c[nH]c(=O)c(Br)c1. The predicted molar refractivity (Wildman–Crippen MR) is 42.7 cm³/mol. The van der Waals surface area contributed by atoms with Gasteiger partial charge in [-0.1, -0.05) is 0 Å². The van der Waals surface area contributed by atoms with Crippen LogP contribution in [0, 0.1) is 0 Å². The summed E-state index contributed by atoms with van der Waals surface area (Å²) < 4.78 is 0.524. The fraction of sp³-hybridized carbons (Fsp3) is 0.167. The van der Waals surface area contributed by atoms with Gasteiger partial charge in [0.1, 0.15) is 0 Å². The molecule has 0 unspecified atom stereocenters. The Morgan fingerprint density at radius 2 is 2.40 bits per heavy atom. The van der Waals surface area contributed by atoms with Crippen LogP contribution in [0.3, 0.4) is 0 Å². The van der Waals surface area contributed by atoms with Gasteiger partial charge in [0, 0.05) is 12.7 Å². The molecule has 1 aromatic rings. The van der Waals surface area contributed by atoms with Gasteiger partial charge in [0.15, 0.2) is 0 Å². The number of halogens is 1. The van der Waals surface area contributed by atoms with E-state index in [2.05, 4.69) is 20.9 Å². The number of aromatic nitrogens is 1. The summed E-state index contributed by atoms with van der Waals surface area (Å²) in [5.41, 5.74) is 6.11. The Morgan fingerprint density at radius 3 is 2.90 bits per heavy atom. The molecular weight excluding hydrogens is 196 g/mol. The van der Waals surface area contributed by atoms with Gasteiger partial charge in [0.25, 0.3) is 5.56 Å². The molecule has 0 aliphatic carbocycles. The van der Waals surface area contributed by atoms with E-state index in [0.717, 1.165) is 5.56 Å². The van der Waals surface area contributed by atoms with Gasteiger partial charge in [-0.25, -0.2) is 0 Å². The van der Waals surface area contributed by atoms with E-state index in [9.17, 15) is 4.79 Å². The monoisotopic (exact) mass is 202 g/mol. The van der Waals surface area contributed by atoms with Crippen molar-refractivity contribution in [2.75, 3.05) is 0 Å². The zero-order valence-electron chi connectivity index (χ0n) is 5.23. The fourth-order valence-electron chi connectivity index (χ4n) is 0.615. The zero-order valence-corrected chi connectivity index (χ0v) is 6.81. The maximum absolute atomic E-state index is 10.7. The summed E-state index contributed by atoms with van der Waals surface area (Å²) in [4.78, 5) is 13.3. The zero-order chi connectivity index (χ0) is 7.56. The number of aromatic amines is 1. The van der Waals surface area contributed by atoms with Crippen LogP contribution < -0.4 is 11.3 Å². The molecule has 0 radical (unpaired) electrons. The number of nitrogens with one attached hydrogen (secondary N) is 1. The van der Waals surface area contributed by atoms with Gasteiger partial charge in [-0.3, -0.25) is 4.79 Å². The average Bonchev–Trinajstić information content (AvgIpc) is 1.95. The summed E-state index contributed by atoms with van der Waals surface area (Å²) in [6, 6.07) is 1.71. The molecule has 0 amide bonds. The minimum Gasteiger partial charge on any atom is -0.328 e. The van der Waals surface area contributed by atoms with Crippen molar-refractivity contribution in [1.82, 2.24) is 4.98 Å². The standard InChI is InChI=1S/C6H7BrN2O/c7-5-1-4(2-8)3-9-6(5)10/h1,3H,2,8H2,(H,9,10). The molecule has 0 aliphatic rings. The Kier molecular flexibility index (Phi) is 2.24. The summed E-state index contributed by atoms with van der Waals surface area (Å²) in [7, 11) is 0. The molecule has 0 fully saturated rings. The van der Waals surface area contributed by atoms with Crippen LogP contribution in [0.4, 0.5) is 0 Å². The number of H-pyrrole nitrogens is 1. The second-order valence-corrected chi connectivity index (χ2v) is 2.74. The molecule has 0 saturated carbocycles. The van der Waals surface area contributed by atoms with E-state index in [1.807, 2.05) is 0 Å². The fourth-order valence-corrected chi connectivity index (χ4v) is 1.02. The van der Waals surface area contributed by atoms with E-state index in [0.29, 0.717) is 11.0 Å². The number of rotatable bonds is 1. The largest absolute Gasteiger partial charge is 0.328 e. The Bertz CT molecular complexity index is 281. The number of nitrogens with two attached hydrogens (primary N) is 1. The minimum absolute atomic E-state index is 0.128. The molecule has 3 nitrogen and oxygen atoms in total. The molecule has 0 aromatic carbocycles. The van der Waals surface area contributed by atoms with Crippen LogP contribution in [-0.2, 0) is 6.54 Å². The molecule has 0 atom stereocenters. The first-order chi connectivity index (χ1) is 4.74. The summed E-state index contributed by atoms with van der Waals surface area (Å²) in [6.07, 6.45) is 1.60. The van der Waals surface area contributed by atoms with E-state index in [1.165, 1.54) is 0 Å². The highest BCUT2D eigenvalue weighted by Gasteiger charge is 1.94. The van der Waals surface area contributed by atoms with E-state index < -0.39 is 0 Å². The van der Waals surface area contributed by atoms with Crippen LogP contribution in [0.25, 0.3) is 0 Å². The number of pyridine rings is 1. The molecule has 0 bridgehead atoms. The molecule has 4 heteroatoms. The highest BCUT2D eigenvalue weighted by atomic mass is 79.9. The quantitative estimate of drug-likeness (QED) is 0.701. The van der Waals surface area contributed by atoms with Crippen molar-refractivity contribution < 1.29 is 0 Å². The van der Waals surface area contributed by atoms with Crippen LogP contribution in [0.15, 0.2) is 21.5 Å². The third-order valence-electron chi connectivity index (χ3n) is 1.15. The Labute approximate surface area is 66.4 Å². The molecule has 54 valence electrons. The van der Waals surface area contributed by atoms with Crippen LogP contribution >= 0.6 is 15.9 Å². The first-order valence-corrected chi connectivity index (χ1v) is 3.60. The lowest BCUT2D eigenvalue weighted by molar-refractivity contribution is 1.03. The average molecular weight is 203 g/mol. The maximum atomic E-state index is 10.7. The van der Waals surface area contributed by atoms with Crippen molar-refractivity contribution in [2.45, 2.75) is 6.54 Å². The topological polar surface area (TPSA) is 58.9 Å². The molecular formula is C6H7BrN2O. The van der Waals surface area contributed by atoms with Crippen molar-refractivity contribution >= 4 is 15.9 Å². The third-order valence-corrected chi connectivity index (χ3v) is 1.74. The van der Waals surface area contributed by atoms with Crippen LogP contribution in [0.2, 0.25) is 0 Å². The molecule has 0 aliphatic heterocycles. The molecule has 0 saturated heterocycles. The molecule has 1 heterocycles. The highest BCUT2D eigenvalue weighted by molar-refractivity contribution is 9.10. The Hall–Kier alpha value is -0.610. The lowest BCUT2D eigenvalue weighted by Crippen LogP contribution is -2.08. The molecule has 0 spiro atoms. The van der Waals surface area contributed by atoms with Crippen molar-refractivity contribution in [1.29, 1.82) is 0 Å². The lowest BCUT2D eigenvalue weighted by atomic mass is 10.3. The van der Waals surface area contributed by atoms with E-state index in [1.54, 1.807) is 12.3 Å². The van der Waals surface area contributed by atoms with E-state index in [4.69, 9.17) is 5.73 Å².